The lowest BCUT2D eigenvalue weighted by Crippen LogP contribution is -2.21. The van der Waals surface area contributed by atoms with E-state index in [2.05, 4.69) is 35.1 Å². The Morgan fingerprint density at radius 2 is 1.57 bits per heavy atom. The minimum Gasteiger partial charge on any atom is -0.489 e. The second-order valence-corrected chi connectivity index (χ2v) is 12.6. The Balaban J connectivity index is 0.00000417. The van der Waals surface area contributed by atoms with Gasteiger partial charge in [-0.15, -0.1) is 24.2 Å². The molecule has 1 N–H and O–H groups in total. The Morgan fingerprint density at radius 1 is 0.891 bits per heavy atom. The van der Waals surface area contributed by atoms with Crippen LogP contribution in [0.25, 0.3) is 33.5 Å². The number of amides is 1. The summed E-state index contributed by atoms with van der Waals surface area (Å²) >= 11 is 1.70. The van der Waals surface area contributed by atoms with Gasteiger partial charge < -0.3 is 19.3 Å². The van der Waals surface area contributed by atoms with Gasteiger partial charge in [-0.25, -0.2) is 9.78 Å². The van der Waals surface area contributed by atoms with E-state index in [1.165, 1.54) is 24.2 Å². The smallest absolute Gasteiger partial charge is 0.335 e. The predicted molar refractivity (Wildman–Crippen MR) is 188 cm³/mol. The zero-order chi connectivity index (χ0) is 31.5. The molecule has 46 heavy (non-hydrogen) atoms. The topological polar surface area (TPSA) is 84.7 Å². The van der Waals surface area contributed by atoms with Crippen LogP contribution in [0.2, 0.25) is 0 Å². The lowest BCUT2D eigenvalue weighted by Gasteiger charge is -2.25. The van der Waals surface area contributed by atoms with Crippen LogP contribution in [0.4, 0.5) is 0 Å². The molecule has 5 aromatic rings. The van der Waals surface area contributed by atoms with Crippen molar-refractivity contribution in [3.63, 3.8) is 0 Å². The quantitative estimate of drug-likeness (QED) is 0.160. The summed E-state index contributed by atoms with van der Waals surface area (Å²) in [4.78, 5) is 32.1. The van der Waals surface area contributed by atoms with Crippen molar-refractivity contribution < 1.29 is 19.4 Å². The maximum absolute atomic E-state index is 12.8. The molecule has 0 radical (unpaired) electrons. The highest BCUT2D eigenvalue weighted by atomic mass is 35.5. The minimum absolute atomic E-state index is 0. The van der Waals surface area contributed by atoms with E-state index in [0.29, 0.717) is 29.5 Å². The number of imidazole rings is 1. The fourth-order valence-corrected chi connectivity index (χ4v) is 6.57. The van der Waals surface area contributed by atoms with E-state index < -0.39 is 5.97 Å². The molecule has 1 fully saturated rings. The summed E-state index contributed by atoms with van der Waals surface area (Å²) in [5.74, 6) is 0.544. The first kappa shape index (κ1) is 33.1. The number of ether oxygens (including phenoxy) is 1. The largest absolute Gasteiger partial charge is 0.489 e. The number of thioether (sulfide) groups is 1. The third-order valence-corrected chi connectivity index (χ3v) is 9.29. The minimum atomic E-state index is -0.955. The molecule has 1 saturated carbocycles. The Kier molecular flexibility index (Phi) is 10.4. The van der Waals surface area contributed by atoms with Crippen molar-refractivity contribution in [1.82, 2.24) is 14.5 Å². The molecule has 1 aliphatic carbocycles. The van der Waals surface area contributed by atoms with Crippen molar-refractivity contribution in [1.29, 1.82) is 0 Å². The van der Waals surface area contributed by atoms with Gasteiger partial charge in [0.15, 0.2) is 0 Å². The van der Waals surface area contributed by atoms with Crippen molar-refractivity contribution in [2.45, 2.75) is 49.6 Å². The van der Waals surface area contributed by atoms with Crippen molar-refractivity contribution in [3.8, 4) is 28.3 Å². The molecule has 6 rings (SSSR count). The van der Waals surface area contributed by atoms with Crippen LogP contribution in [0.15, 0.2) is 89.8 Å². The zero-order valence-corrected chi connectivity index (χ0v) is 27.9. The van der Waals surface area contributed by atoms with Gasteiger partial charge in [-0.05, 0) is 103 Å². The third kappa shape index (κ3) is 6.93. The number of carboxylic acid groups (broad SMARTS) is 1. The standard InChI is InChI=1S/C37H37N3O4S.ClH/c1-39(2)36(41)26-13-19-32(24-11-17-31(45-3)18-12-24)28(21-26)23-44-30-15-9-25(10-16-30)35-38-33-22-27(37(42)43)14-20-34(33)40(35)29-7-5-4-6-8-29;/h9-22,29H,4-8,23H2,1-3H3,(H,42,43);1H. The van der Waals surface area contributed by atoms with E-state index in [-0.39, 0.29) is 23.9 Å². The van der Waals surface area contributed by atoms with Gasteiger partial charge >= 0.3 is 5.97 Å². The molecule has 0 bridgehead atoms. The molecule has 1 amide bonds. The summed E-state index contributed by atoms with van der Waals surface area (Å²) in [6.45, 7) is 0.298. The van der Waals surface area contributed by atoms with E-state index in [9.17, 15) is 14.7 Å². The van der Waals surface area contributed by atoms with Gasteiger partial charge in [0, 0.05) is 36.2 Å². The highest BCUT2D eigenvalue weighted by Gasteiger charge is 2.23. The van der Waals surface area contributed by atoms with E-state index in [0.717, 1.165) is 46.4 Å². The molecular weight excluding hydrogens is 618 g/mol. The highest BCUT2D eigenvalue weighted by Crippen LogP contribution is 2.37. The number of aromatic carboxylic acids is 1. The van der Waals surface area contributed by atoms with Crippen LogP contribution in [0, 0.1) is 0 Å². The fourth-order valence-electron chi connectivity index (χ4n) is 6.16. The van der Waals surface area contributed by atoms with Gasteiger partial charge in [0.25, 0.3) is 5.91 Å². The number of carbonyl (C=O) groups excluding carboxylic acids is 1. The number of hydrogen-bond acceptors (Lipinski definition) is 5. The maximum Gasteiger partial charge on any atom is 0.335 e. The molecule has 1 heterocycles. The summed E-state index contributed by atoms with van der Waals surface area (Å²) in [5, 5.41) is 9.55. The van der Waals surface area contributed by atoms with E-state index in [4.69, 9.17) is 9.72 Å². The first-order valence-electron chi connectivity index (χ1n) is 15.3. The van der Waals surface area contributed by atoms with Crippen LogP contribution in [-0.2, 0) is 6.61 Å². The van der Waals surface area contributed by atoms with Crippen molar-refractivity contribution in [3.05, 3.63) is 102 Å². The number of aromatic nitrogens is 2. The van der Waals surface area contributed by atoms with Crippen molar-refractivity contribution in [2.75, 3.05) is 20.4 Å². The Hall–Kier alpha value is -4.27. The van der Waals surface area contributed by atoms with Gasteiger partial charge in [0.1, 0.15) is 18.2 Å². The van der Waals surface area contributed by atoms with Gasteiger partial charge in [0.2, 0.25) is 0 Å². The first-order valence-corrected chi connectivity index (χ1v) is 16.5. The van der Waals surface area contributed by atoms with E-state index in [1.54, 1.807) is 42.9 Å². The van der Waals surface area contributed by atoms with Crippen LogP contribution >= 0.6 is 24.2 Å². The molecule has 1 aromatic heterocycles. The van der Waals surface area contributed by atoms with Gasteiger partial charge in [-0.2, -0.15) is 0 Å². The maximum atomic E-state index is 12.8. The van der Waals surface area contributed by atoms with Crippen molar-refractivity contribution in [2.24, 2.45) is 0 Å². The molecule has 0 unspecified atom stereocenters. The lowest BCUT2D eigenvalue weighted by atomic mass is 9.95. The number of hydrogen-bond donors (Lipinski definition) is 1. The summed E-state index contributed by atoms with van der Waals surface area (Å²) < 4.78 is 8.61. The van der Waals surface area contributed by atoms with E-state index in [1.807, 2.05) is 48.5 Å². The summed E-state index contributed by atoms with van der Waals surface area (Å²) in [5.41, 5.74) is 6.49. The van der Waals surface area contributed by atoms with Crippen LogP contribution in [0.1, 0.15) is 64.4 Å². The molecule has 7 nitrogen and oxygen atoms in total. The summed E-state index contributed by atoms with van der Waals surface area (Å²) in [6.07, 6.45) is 7.81. The van der Waals surface area contributed by atoms with E-state index >= 15 is 0 Å². The third-order valence-electron chi connectivity index (χ3n) is 8.54. The van der Waals surface area contributed by atoms with Crippen LogP contribution in [-0.4, -0.2) is 51.8 Å². The monoisotopic (exact) mass is 655 g/mol. The zero-order valence-electron chi connectivity index (χ0n) is 26.2. The van der Waals surface area contributed by atoms with Crippen molar-refractivity contribution >= 4 is 47.1 Å². The van der Waals surface area contributed by atoms with Gasteiger partial charge in [0.05, 0.1) is 16.6 Å². The molecule has 1 aliphatic rings. The molecule has 238 valence electrons. The Bertz CT molecular complexity index is 1850. The SMILES string of the molecule is CSc1ccc(-c2ccc(C(=O)N(C)C)cc2COc2ccc(-c3nc4cc(C(=O)O)ccc4n3C3CCCCC3)cc2)cc1.Cl. The average molecular weight is 656 g/mol. The van der Waals surface area contributed by atoms with Crippen LogP contribution < -0.4 is 4.74 Å². The van der Waals surface area contributed by atoms with Gasteiger partial charge in [-0.1, -0.05) is 37.5 Å². The fraction of sp³-hybridized carbons (Fsp3) is 0.270. The summed E-state index contributed by atoms with van der Waals surface area (Å²) in [7, 11) is 3.51. The second kappa shape index (κ2) is 14.4. The number of fused-ring (bicyclic) bond motifs is 1. The average Bonchev–Trinajstić information content (AvgIpc) is 3.46. The van der Waals surface area contributed by atoms with Crippen LogP contribution in [0.3, 0.4) is 0 Å². The molecular formula is C37H38ClN3O4S. The van der Waals surface area contributed by atoms with Crippen LogP contribution in [0.5, 0.6) is 5.75 Å². The first-order chi connectivity index (χ1) is 21.8. The normalized spacial score (nSPS) is 13.3. The second-order valence-electron chi connectivity index (χ2n) is 11.7. The summed E-state index contributed by atoms with van der Waals surface area (Å²) in [6, 6.07) is 27.7. The Labute approximate surface area is 280 Å². The Morgan fingerprint density at radius 3 is 2.22 bits per heavy atom. The number of halogens is 1. The molecule has 0 atom stereocenters. The number of benzene rings is 4. The molecule has 4 aromatic carbocycles. The predicted octanol–water partition coefficient (Wildman–Crippen LogP) is 9.00. The molecule has 9 heteroatoms. The molecule has 0 saturated heterocycles. The number of carboxylic acids is 1. The highest BCUT2D eigenvalue weighted by molar-refractivity contribution is 7.98. The number of rotatable bonds is 9. The molecule has 0 spiro atoms. The van der Waals surface area contributed by atoms with Gasteiger partial charge in [-0.3, -0.25) is 4.79 Å². The number of carbonyl (C=O) groups is 2. The lowest BCUT2D eigenvalue weighted by molar-refractivity contribution is 0.0696. The number of nitrogens with zero attached hydrogens (tertiary/aromatic N) is 3. The molecule has 0 aliphatic heterocycles.